The van der Waals surface area contributed by atoms with E-state index in [1.54, 1.807) is 6.92 Å². The largest absolute Gasteiger partial charge is 0.489 e. The van der Waals surface area contributed by atoms with Crippen LogP contribution in [0.3, 0.4) is 0 Å². The summed E-state index contributed by atoms with van der Waals surface area (Å²) in [6, 6.07) is 17.8. The SMILES string of the molecule is C=CC(=O)OC(C)COc1ccccc1-c1ccccc1. The van der Waals surface area contributed by atoms with E-state index >= 15 is 0 Å². The highest BCUT2D eigenvalue weighted by Crippen LogP contribution is 2.29. The van der Waals surface area contributed by atoms with Gasteiger partial charge in [-0.25, -0.2) is 4.79 Å². The minimum Gasteiger partial charge on any atom is -0.489 e. The lowest BCUT2D eigenvalue weighted by molar-refractivity contribution is -0.143. The maximum Gasteiger partial charge on any atom is 0.330 e. The fraction of sp³-hybridized carbons (Fsp3) is 0.167. The highest BCUT2D eigenvalue weighted by atomic mass is 16.6. The first-order valence-corrected chi connectivity index (χ1v) is 6.81. The van der Waals surface area contributed by atoms with E-state index in [-0.39, 0.29) is 6.10 Å². The first kappa shape index (κ1) is 14.9. The Balaban J connectivity index is 2.07. The lowest BCUT2D eigenvalue weighted by atomic mass is 10.1. The van der Waals surface area contributed by atoms with Crippen LogP contribution in [0.1, 0.15) is 6.92 Å². The lowest BCUT2D eigenvalue weighted by Gasteiger charge is -2.15. The molecule has 0 aromatic heterocycles. The van der Waals surface area contributed by atoms with Crippen LogP contribution < -0.4 is 4.74 Å². The van der Waals surface area contributed by atoms with E-state index < -0.39 is 5.97 Å². The second-order valence-corrected chi connectivity index (χ2v) is 4.62. The van der Waals surface area contributed by atoms with Crippen LogP contribution in [0, 0.1) is 0 Å². The van der Waals surface area contributed by atoms with Crippen LogP contribution in [0.15, 0.2) is 67.3 Å². The molecule has 0 heterocycles. The molecule has 0 aliphatic rings. The molecule has 108 valence electrons. The summed E-state index contributed by atoms with van der Waals surface area (Å²) in [6.45, 7) is 5.45. The van der Waals surface area contributed by atoms with E-state index in [4.69, 9.17) is 9.47 Å². The van der Waals surface area contributed by atoms with Crippen LogP contribution in [0.5, 0.6) is 5.75 Å². The van der Waals surface area contributed by atoms with Crippen LogP contribution in [-0.2, 0) is 9.53 Å². The molecule has 21 heavy (non-hydrogen) atoms. The molecule has 3 heteroatoms. The molecule has 0 saturated heterocycles. The number of carbonyl (C=O) groups excluding carboxylic acids is 1. The van der Waals surface area contributed by atoms with Crippen molar-refractivity contribution in [3.63, 3.8) is 0 Å². The van der Waals surface area contributed by atoms with E-state index in [2.05, 4.69) is 6.58 Å². The molecule has 0 aliphatic heterocycles. The predicted molar refractivity (Wildman–Crippen MR) is 83.1 cm³/mol. The molecule has 1 atom stereocenters. The molecule has 2 aromatic carbocycles. The molecular weight excluding hydrogens is 264 g/mol. The quantitative estimate of drug-likeness (QED) is 0.596. The van der Waals surface area contributed by atoms with Crippen molar-refractivity contribution < 1.29 is 14.3 Å². The van der Waals surface area contributed by atoms with Crippen molar-refractivity contribution in [3.8, 4) is 16.9 Å². The van der Waals surface area contributed by atoms with Gasteiger partial charge in [-0.15, -0.1) is 0 Å². The van der Waals surface area contributed by atoms with Crippen LogP contribution in [-0.4, -0.2) is 18.7 Å². The van der Waals surface area contributed by atoms with E-state index in [0.29, 0.717) is 6.61 Å². The molecule has 0 N–H and O–H groups in total. The Labute approximate surface area is 124 Å². The van der Waals surface area contributed by atoms with Crippen molar-refractivity contribution in [2.75, 3.05) is 6.61 Å². The van der Waals surface area contributed by atoms with Gasteiger partial charge in [0.05, 0.1) is 0 Å². The summed E-state index contributed by atoms with van der Waals surface area (Å²) in [7, 11) is 0. The summed E-state index contributed by atoms with van der Waals surface area (Å²) in [5, 5.41) is 0. The van der Waals surface area contributed by atoms with Gasteiger partial charge in [0.25, 0.3) is 0 Å². The third-order valence-electron chi connectivity index (χ3n) is 2.93. The van der Waals surface area contributed by atoms with E-state index in [1.165, 1.54) is 0 Å². The summed E-state index contributed by atoms with van der Waals surface area (Å²) in [6.07, 6.45) is 0.813. The zero-order valence-corrected chi connectivity index (χ0v) is 12.0. The predicted octanol–water partition coefficient (Wildman–Crippen LogP) is 3.85. The number of ether oxygens (including phenoxy) is 2. The van der Waals surface area contributed by atoms with E-state index in [9.17, 15) is 4.79 Å². The van der Waals surface area contributed by atoms with Crippen molar-refractivity contribution >= 4 is 5.97 Å². The van der Waals surface area contributed by atoms with Crippen LogP contribution in [0.25, 0.3) is 11.1 Å². The van der Waals surface area contributed by atoms with E-state index in [0.717, 1.165) is 23.0 Å². The molecule has 0 aliphatic carbocycles. The average molecular weight is 282 g/mol. The molecule has 0 fully saturated rings. The van der Waals surface area contributed by atoms with Gasteiger partial charge in [0.15, 0.2) is 0 Å². The summed E-state index contributed by atoms with van der Waals surface area (Å²) >= 11 is 0. The Kier molecular flexibility index (Phi) is 5.16. The van der Waals surface area contributed by atoms with Gasteiger partial charge in [-0.05, 0) is 18.6 Å². The van der Waals surface area contributed by atoms with Crippen LogP contribution in [0.4, 0.5) is 0 Å². The zero-order chi connectivity index (χ0) is 15.1. The Bertz CT molecular complexity index is 605. The third kappa shape index (κ3) is 4.21. The maximum absolute atomic E-state index is 11.1. The molecule has 1 unspecified atom stereocenters. The van der Waals surface area contributed by atoms with Gasteiger partial charge in [0, 0.05) is 11.6 Å². The fourth-order valence-corrected chi connectivity index (χ4v) is 1.94. The van der Waals surface area contributed by atoms with Gasteiger partial charge in [-0.1, -0.05) is 55.1 Å². The topological polar surface area (TPSA) is 35.5 Å². The molecule has 0 radical (unpaired) electrons. The van der Waals surface area contributed by atoms with E-state index in [1.807, 2.05) is 54.6 Å². The molecular formula is C18H18O3. The molecule has 2 rings (SSSR count). The Morgan fingerprint density at radius 3 is 2.52 bits per heavy atom. The number of rotatable bonds is 6. The lowest BCUT2D eigenvalue weighted by Crippen LogP contribution is -2.21. The fourth-order valence-electron chi connectivity index (χ4n) is 1.94. The first-order valence-electron chi connectivity index (χ1n) is 6.81. The highest BCUT2D eigenvalue weighted by Gasteiger charge is 2.10. The van der Waals surface area contributed by atoms with Crippen molar-refractivity contribution in [1.29, 1.82) is 0 Å². The Hall–Kier alpha value is -2.55. The van der Waals surface area contributed by atoms with Gasteiger partial charge in [0.1, 0.15) is 18.5 Å². The monoisotopic (exact) mass is 282 g/mol. The smallest absolute Gasteiger partial charge is 0.330 e. The summed E-state index contributed by atoms with van der Waals surface area (Å²) in [5.74, 6) is 0.327. The van der Waals surface area contributed by atoms with Gasteiger partial charge in [0.2, 0.25) is 0 Å². The molecule has 3 nitrogen and oxygen atoms in total. The number of hydrogen-bond donors (Lipinski definition) is 0. The first-order chi connectivity index (χ1) is 10.2. The molecule has 2 aromatic rings. The van der Waals surface area contributed by atoms with Crippen molar-refractivity contribution in [3.05, 3.63) is 67.3 Å². The number of carbonyl (C=O) groups is 1. The number of hydrogen-bond acceptors (Lipinski definition) is 3. The molecule has 0 spiro atoms. The van der Waals surface area contributed by atoms with Crippen LogP contribution in [0.2, 0.25) is 0 Å². The van der Waals surface area contributed by atoms with Crippen molar-refractivity contribution in [1.82, 2.24) is 0 Å². The maximum atomic E-state index is 11.1. The molecule has 0 saturated carbocycles. The van der Waals surface area contributed by atoms with Crippen molar-refractivity contribution in [2.45, 2.75) is 13.0 Å². The zero-order valence-electron chi connectivity index (χ0n) is 12.0. The van der Waals surface area contributed by atoms with Gasteiger partial charge in [-0.3, -0.25) is 0 Å². The standard InChI is InChI=1S/C18H18O3/c1-3-18(19)21-14(2)13-20-17-12-8-7-11-16(17)15-9-5-4-6-10-15/h3-12,14H,1,13H2,2H3. The average Bonchev–Trinajstić information content (AvgIpc) is 2.54. The van der Waals surface area contributed by atoms with Gasteiger partial charge >= 0.3 is 5.97 Å². The molecule has 0 bridgehead atoms. The van der Waals surface area contributed by atoms with Crippen LogP contribution >= 0.6 is 0 Å². The minimum atomic E-state index is -0.442. The molecule has 0 amide bonds. The number of para-hydroxylation sites is 1. The van der Waals surface area contributed by atoms with Gasteiger partial charge in [-0.2, -0.15) is 0 Å². The summed E-state index contributed by atoms with van der Waals surface area (Å²) in [4.78, 5) is 11.1. The second kappa shape index (κ2) is 7.29. The highest BCUT2D eigenvalue weighted by molar-refractivity contribution is 5.81. The Morgan fingerprint density at radius 1 is 1.14 bits per heavy atom. The van der Waals surface area contributed by atoms with Crippen molar-refractivity contribution in [2.24, 2.45) is 0 Å². The number of benzene rings is 2. The normalized spacial score (nSPS) is 11.5. The number of esters is 1. The van der Waals surface area contributed by atoms with Gasteiger partial charge < -0.3 is 9.47 Å². The minimum absolute atomic E-state index is 0.295. The summed E-state index contributed by atoms with van der Waals surface area (Å²) in [5.41, 5.74) is 2.10. The third-order valence-corrected chi connectivity index (χ3v) is 2.93. The second-order valence-electron chi connectivity index (χ2n) is 4.62. The summed E-state index contributed by atoms with van der Waals surface area (Å²) < 4.78 is 10.9. The Morgan fingerprint density at radius 2 is 1.81 bits per heavy atom.